The number of aliphatic carboxylic acids is 1. The number of carboxylic acid groups (broad SMARTS) is 1. The van der Waals surface area contributed by atoms with Crippen molar-refractivity contribution in [3.8, 4) is 0 Å². The van der Waals surface area contributed by atoms with Gasteiger partial charge in [-0.2, -0.15) is 0 Å². The van der Waals surface area contributed by atoms with Crippen molar-refractivity contribution in [2.75, 3.05) is 0 Å². The molecule has 0 fully saturated rings. The maximum absolute atomic E-state index is 11.3. The summed E-state index contributed by atoms with van der Waals surface area (Å²) in [6.45, 7) is 6.38. The van der Waals surface area contributed by atoms with Crippen molar-refractivity contribution in [1.29, 1.82) is 0 Å². The molecule has 0 aromatic rings. The summed E-state index contributed by atoms with van der Waals surface area (Å²) in [5.41, 5.74) is 8.43. The van der Waals surface area contributed by atoms with Gasteiger partial charge in [0.05, 0.1) is 0 Å². The summed E-state index contributed by atoms with van der Waals surface area (Å²) in [5, 5.41) is 8.58. The number of amides is 1. The molecule has 21 heavy (non-hydrogen) atoms. The predicted octanol–water partition coefficient (Wildman–Crippen LogP) is 3.12. The Kier molecular flexibility index (Phi) is 5.70. The Morgan fingerprint density at radius 2 is 1.86 bits per heavy atom. The minimum absolute atomic E-state index is 0.0233. The normalized spacial score (nSPS) is 19.5. The van der Waals surface area contributed by atoms with Gasteiger partial charge < -0.3 is 10.8 Å². The molecule has 4 nitrogen and oxygen atoms in total. The van der Waals surface area contributed by atoms with Crippen molar-refractivity contribution >= 4 is 11.9 Å². The lowest BCUT2D eigenvalue weighted by Crippen LogP contribution is -2.22. The number of allylic oxidation sites excluding steroid dienone is 6. The first-order chi connectivity index (χ1) is 9.74. The lowest BCUT2D eigenvalue weighted by atomic mass is 9.70. The summed E-state index contributed by atoms with van der Waals surface area (Å²) in [7, 11) is 0. The van der Waals surface area contributed by atoms with Crippen LogP contribution in [0.3, 0.4) is 0 Å². The Hall–Kier alpha value is -2.10. The van der Waals surface area contributed by atoms with E-state index in [-0.39, 0.29) is 5.41 Å². The van der Waals surface area contributed by atoms with Crippen molar-refractivity contribution in [1.82, 2.24) is 0 Å². The second-order valence-electron chi connectivity index (χ2n) is 5.95. The fourth-order valence-corrected chi connectivity index (χ4v) is 2.91. The van der Waals surface area contributed by atoms with Crippen LogP contribution in [0.25, 0.3) is 0 Å². The molecular formula is C17H23NO3. The Morgan fingerprint density at radius 1 is 1.24 bits per heavy atom. The minimum atomic E-state index is -1.01. The highest BCUT2D eigenvalue weighted by Crippen LogP contribution is 2.43. The molecule has 0 saturated heterocycles. The van der Waals surface area contributed by atoms with Gasteiger partial charge in [0, 0.05) is 12.2 Å². The van der Waals surface area contributed by atoms with E-state index < -0.39 is 11.9 Å². The van der Waals surface area contributed by atoms with E-state index in [0.717, 1.165) is 36.5 Å². The highest BCUT2D eigenvalue weighted by Gasteiger charge is 2.29. The van der Waals surface area contributed by atoms with Crippen LogP contribution in [0.2, 0.25) is 0 Å². The average molecular weight is 289 g/mol. The average Bonchev–Trinajstić information content (AvgIpc) is 2.32. The fraction of sp³-hybridized carbons (Fsp3) is 0.412. The molecule has 1 amide bonds. The number of carbonyl (C=O) groups is 2. The van der Waals surface area contributed by atoms with Crippen molar-refractivity contribution in [2.24, 2.45) is 11.1 Å². The number of hydrogen-bond donors (Lipinski definition) is 2. The van der Waals surface area contributed by atoms with Gasteiger partial charge in [-0.1, -0.05) is 37.6 Å². The maximum Gasteiger partial charge on any atom is 0.328 e. The van der Waals surface area contributed by atoms with E-state index in [0.29, 0.717) is 0 Å². The molecule has 1 aliphatic carbocycles. The van der Waals surface area contributed by atoms with E-state index >= 15 is 0 Å². The molecule has 0 bridgehead atoms. The van der Waals surface area contributed by atoms with Crippen LogP contribution in [0.1, 0.15) is 40.0 Å². The second-order valence-corrected chi connectivity index (χ2v) is 5.95. The van der Waals surface area contributed by atoms with Crippen LogP contribution in [-0.2, 0) is 9.59 Å². The van der Waals surface area contributed by atoms with Gasteiger partial charge in [-0.05, 0) is 42.7 Å². The molecule has 1 rings (SSSR count). The lowest BCUT2D eigenvalue weighted by molar-refractivity contribution is -0.131. The summed E-state index contributed by atoms with van der Waals surface area (Å²) >= 11 is 0. The third kappa shape index (κ3) is 5.06. The molecule has 0 spiro atoms. The smallest absolute Gasteiger partial charge is 0.328 e. The molecule has 1 aliphatic rings. The number of hydrogen-bond acceptors (Lipinski definition) is 2. The third-order valence-corrected chi connectivity index (χ3v) is 3.67. The van der Waals surface area contributed by atoms with E-state index in [4.69, 9.17) is 10.8 Å². The molecule has 0 unspecified atom stereocenters. The number of carbonyl (C=O) groups excluding carboxylic acids is 1. The second kappa shape index (κ2) is 7.07. The highest BCUT2D eigenvalue weighted by atomic mass is 16.4. The van der Waals surface area contributed by atoms with E-state index in [9.17, 15) is 9.59 Å². The predicted molar refractivity (Wildman–Crippen MR) is 83.5 cm³/mol. The number of nitrogens with two attached hydrogens (primary N) is 1. The van der Waals surface area contributed by atoms with E-state index in [2.05, 4.69) is 20.8 Å². The Bertz CT molecular complexity index is 548. The van der Waals surface area contributed by atoms with E-state index in [1.54, 1.807) is 12.2 Å². The summed E-state index contributed by atoms with van der Waals surface area (Å²) in [6.07, 6.45) is 10.5. The first kappa shape index (κ1) is 17.0. The summed E-state index contributed by atoms with van der Waals surface area (Å²) in [5.74, 6) is -1.51. The summed E-state index contributed by atoms with van der Waals surface area (Å²) in [4.78, 5) is 21.7. The molecule has 114 valence electrons. The van der Waals surface area contributed by atoms with Gasteiger partial charge in [0.1, 0.15) is 0 Å². The minimum Gasteiger partial charge on any atom is -0.478 e. The van der Waals surface area contributed by atoms with Gasteiger partial charge in [-0.15, -0.1) is 0 Å². The first-order valence-corrected chi connectivity index (χ1v) is 7.03. The van der Waals surface area contributed by atoms with Gasteiger partial charge in [0.15, 0.2) is 0 Å². The van der Waals surface area contributed by atoms with Crippen molar-refractivity contribution < 1.29 is 14.7 Å². The van der Waals surface area contributed by atoms with E-state index in [1.807, 2.05) is 0 Å². The molecule has 0 saturated carbocycles. The third-order valence-electron chi connectivity index (χ3n) is 3.67. The summed E-state index contributed by atoms with van der Waals surface area (Å²) in [6, 6.07) is 0. The van der Waals surface area contributed by atoms with Crippen LogP contribution in [0.15, 0.2) is 47.1 Å². The van der Waals surface area contributed by atoms with Crippen LogP contribution in [0.4, 0.5) is 0 Å². The van der Waals surface area contributed by atoms with Crippen LogP contribution in [0.5, 0.6) is 0 Å². The Balaban J connectivity index is 3.20. The van der Waals surface area contributed by atoms with Gasteiger partial charge in [0.2, 0.25) is 5.91 Å². The zero-order valence-electron chi connectivity index (χ0n) is 12.8. The van der Waals surface area contributed by atoms with E-state index in [1.165, 1.54) is 17.7 Å². The molecule has 0 aromatic heterocycles. The van der Waals surface area contributed by atoms with Gasteiger partial charge in [-0.25, -0.2) is 4.79 Å². The largest absolute Gasteiger partial charge is 0.478 e. The van der Waals surface area contributed by atoms with Crippen LogP contribution >= 0.6 is 0 Å². The molecule has 4 heteroatoms. The van der Waals surface area contributed by atoms with Gasteiger partial charge in [-0.3, -0.25) is 4.79 Å². The topological polar surface area (TPSA) is 80.4 Å². The quantitative estimate of drug-likeness (QED) is 0.602. The zero-order valence-corrected chi connectivity index (χ0v) is 12.8. The Morgan fingerprint density at radius 3 is 2.38 bits per heavy atom. The van der Waals surface area contributed by atoms with Crippen molar-refractivity contribution in [2.45, 2.75) is 40.0 Å². The standard InChI is InChI=1S/C17H23NO3/c1-12-7-6-10-17(2,3)16(12)13(11-14(18)19)8-4-5-9-15(20)21/h4-5,8-9,11H,6-7,10H2,1-3H3,(H2,18,19)(H,20,21). The van der Waals surface area contributed by atoms with Crippen LogP contribution in [0, 0.1) is 5.41 Å². The van der Waals surface area contributed by atoms with Gasteiger partial charge >= 0.3 is 5.97 Å². The van der Waals surface area contributed by atoms with Crippen molar-refractivity contribution in [3.63, 3.8) is 0 Å². The molecule has 0 aliphatic heterocycles. The number of primary amides is 1. The first-order valence-electron chi connectivity index (χ1n) is 7.03. The molecule has 3 N–H and O–H groups in total. The lowest BCUT2D eigenvalue weighted by Gasteiger charge is -2.35. The van der Waals surface area contributed by atoms with Gasteiger partial charge in [0.25, 0.3) is 0 Å². The van der Waals surface area contributed by atoms with Crippen LogP contribution in [-0.4, -0.2) is 17.0 Å². The monoisotopic (exact) mass is 289 g/mol. The summed E-state index contributed by atoms with van der Waals surface area (Å²) < 4.78 is 0. The molecule has 0 radical (unpaired) electrons. The molecule has 0 atom stereocenters. The maximum atomic E-state index is 11.3. The number of rotatable bonds is 5. The molecule has 0 heterocycles. The molecular weight excluding hydrogens is 266 g/mol. The molecule has 0 aromatic carbocycles. The highest BCUT2D eigenvalue weighted by molar-refractivity contribution is 5.88. The van der Waals surface area contributed by atoms with Crippen LogP contribution < -0.4 is 5.73 Å². The fourth-order valence-electron chi connectivity index (χ4n) is 2.91. The zero-order chi connectivity index (χ0) is 16.0. The van der Waals surface area contributed by atoms with Crippen molar-refractivity contribution in [3.05, 3.63) is 47.1 Å². The SMILES string of the molecule is CC1=C(C(C=CC=CC(=O)O)=CC(N)=O)C(C)(C)CCC1. The number of carboxylic acids is 1. The Labute approximate surface area is 125 Å².